The number of benzene rings is 1. The molecule has 0 N–H and O–H groups in total. The molecule has 0 bridgehead atoms. The third-order valence-electron chi connectivity index (χ3n) is 2.38. The number of aromatic nitrogens is 1. The van der Waals surface area contributed by atoms with E-state index in [-0.39, 0.29) is 0 Å². The fourth-order valence-corrected chi connectivity index (χ4v) is 2.29. The number of hydrogen-bond acceptors (Lipinski definition) is 3. The fourth-order valence-electron chi connectivity index (χ4n) is 1.47. The molecule has 2 nitrogen and oxygen atoms in total. The monoisotopic (exact) mass is 231 g/mol. The van der Waals surface area contributed by atoms with Crippen molar-refractivity contribution in [3.63, 3.8) is 0 Å². The van der Waals surface area contributed by atoms with Crippen LogP contribution < -0.4 is 0 Å². The van der Waals surface area contributed by atoms with E-state index >= 15 is 0 Å². The summed E-state index contributed by atoms with van der Waals surface area (Å²) in [4.78, 5) is 14.8. The van der Waals surface area contributed by atoms with E-state index in [2.05, 4.69) is 36.2 Å². The van der Waals surface area contributed by atoms with Crippen molar-refractivity contribution in [3.05, 3.63) is 40.2 Å². The standard InChI is InChI=1S/C13H13NOS/c1-10-4-6-11(7-5-10)12-9-16-13(14-12)3-2-8-15/h4-9H,2-3H2,1H3. The van der Waals surface area contributed by atoms with Gasteiger partial charge in [-0.25, -0.2) is 4.98 Å². The molecule has 0 radical (unpaired) electrons. The summed E-state index contributed by atoms with van der Waals surface area (Å²) in [5.74, 6) is 0. The molecule has 1 aromatic carbocycles. The predicted octanol–water partition coefficient (Wildman–Crippen LogP) is 3.25. The van der Waals surface area contributed by atoms with Crippen LogP contribution in [0.1, 0.15) is 17.0 Å². The summed E-state index contributed by atoms with van der Waals surface area (Å²) in [6.45, 7) is 2.07. The van der Waals surface area contributed by atoms with Gasteiger partial charge in [-0.3, -0.25) is 0 Å². The number of aryl methyl sites for hydroxylation is 2. The van der Waals surface area contributed by atoms with Crippen molar-refractivity contribution in [2.75, 3.05) is 0 Å². The molecule has 0 saturated carbocycles. The summed E-state index contributed by atoms with van der Waals surface area (Å²) in [5, 5.41) is 3.08. The van der Waals surface area contributed by atoms with Crippen LogP contribution in [0.25, 0.3) is 11.3 Å². The van der Waals surface area contributed by atoms with Crippen LogP contribution in [0.15, 0.2) is 29.6 Å². The second kappa shape index (κ2) is 5.03. The lowest BCUT2D eigenvalue weighted by Crippen LogP contribution is -1.85. The van der Waals surface area contributed by atoms with Crippen LogP contribution in [-0.4, -0.2) is 11.3 Å². The maximum atomic E-state index is 10.3. The van der Waals surface area contributed by atoms with Gasteiger partial charge in [0.05, 0.1) is 10.7 Å². The number of rotatable bonds is 4. The van der Waals surface area contributed by atoms with E-state index in [0.717, 1.165) is 29.0 Å². The molecule has 0 atom stereocenters. The van der Waals surface area contributed by atoms with E-state index in [0.29, 0.717) is 6.42 Å². The van der Waals surface area contributed by atoms with Crippen molar-refractivity contribution in [1.29, 1.82) is 0 Å². The Bertz CT molecular complexity index is 473. The van der Waals surface area contributed by atoms with Crippen LogP contribution in [-0.2, 0) is 11.2 Å². The molecule has 2 aromatic rings. The van der Waals surface area contributed by atoms with Crippen molar-refractivity contribution in [1.82, 2.24) is 4.98 Å². The molecule has 0 aliphatic rings. The van der Waals surface area contributed by atoms with E-state index in [4.69, 9.17) is 0 Å². The maximum absolute atomic E-state index is 10.3. The van der Waals surface area contributed by atoms with Crippen LogP contribution >= 0.6 is 11.3 Å². The molecule has 16 heavy (non-hydrogen) atoms. The highest BCUT2D eigenvalue weighted by Gasteiger charge is 2.03. The Kier molecular flexibility index (Phi) is 3.47. The second-order valence-corrected chi connectivity index (χ2v) is 4.64. The van der Waals surface area contributed by atoms with E-state index in [9.17, 15) is 4.79 Å². The smallest absolute Gasteiger partial charge is 0.120 e. The van der Waals surface area contributed by atoms with Gasteiger partial charge < -0.3 is 4.79 Å². The van der Waals surface area contributed by atoms with Gasteiger partial charge in [0.15, 0.2) is 0 Å². The lowest BCUT2D eigenvalue weighted by atomic mass is 10.1. The van der Waals surface area contributed by atoms with Gasteiger partial charge in [0.1, 0.15) is 6.29 Å². The van der Waals surface area contributed by atoms with Gasteiger partial charge in [0, 0.05) is 23.8 Å². The third kappa shape index (κ3) is 2.55. The molecule has 0 aliphatic carbocycles. The Hall–Kier alpha value is -1.48. The quantitative estimate of drug-likeness (QED) is 0.756. The highest BCUT2D eigenvalue weighted by molar-refractivity contribution is 7.09. The fraction of sp³-hybridized carbons (Fsp3) is 0.231. The Balaban J connectivity index is 2.17. The van der Waals surface area contributed by atoms with E-state index < -0.39 is 0 Å². The number of hydrogen-bond donors (Lipinski definition) is 0. The number of nitrogens with zero attached hydrogens (tertiary/aromatic N) is 1. The highest BCUT2D eigenvalue weighted by atomic mass is 32.1. The van der Waals surface area contributed by atoms with E-state index in [1.165, 1.54) is 5.56 Å². The van der Waals surface area contributed by atoms with Gasteiger partial charge in [-0.05, 0) is 6.92 Å². The predicted molar refractivity (Wildman–Crippen MR) is 66.7 cm³/mol. The Labute approximate surface area is 99.0 Å². The van der Waals surface area contributed by atoms with Gasteiger partial charge in [0.25, 0.3) is 0 Å². The van der Waals surface area contributed by atoms with Crippen molar-refractivity contribution in [2.45, 2.75) is 19.8 Å². The van der Waals surface area contributed by atoms with Crippen LogP contribution in [0.3, 0.4) is 0 Å². The Morgan fingerprint density at radius 2 is 2.06 bits per heavy atom. The van der Waals surface area contributed by atoms with Gasteiger partial charge in [-0.2, -0.15) is 0 Å². The highest BCUT2D eigenvalue weighted by Crippen LogP contribution is 2.22. The third-order valence-corrected chi connectivity index (χ3v) is 3.28. The minimum Gasteiger partial charge on any atom is -0.303 e. The number of aldehydes is 1. The number of carbonyl (C=O) groups excluding carboxylic acids is 1. The maximum Gasteiger partial charge on any atom is 0.120 e. The molecule has 1 heterocycles. The molecule has 0 aliphatic heterocycles. The van der Waals surface area contributed by atoms with Gasteiger partial charge >= 0.3 is 0 Å². The van der Waals surface area contributed by atoms with E-state index in [1.807, 2.05) is 5.38 Å². The first-order valence-electron chi connectivity index (χ1n) is 5.24. The Morgan fingerprint density at radius 1 is 1.31 bits per heavy atom. The van der Waals surface area contributed by atoms with Crippen molar-refractivity contribution in [2.24, 2.45) is 0 Å². The van der Waals surface area contributed by atoms with Gasteiger partial charge in [-0.15, -0.1) is 11.3 Å². The van der Waals surface area contributed by atoms with Crippen molar-refractivity contribution in [3.8, 4) is 11.3 Å². The normalized spacial score (nSPS) is 10.3. The second-order valence-electron chi connectivity index (χ2n) is 3.70. The Morgan fingerprint density at radius 3 is 2.75 bits per heavy atom. The molecular weight excluding hydrogens is 218 g/mol. The van der Waals surface area contributed by atoms with Crippen LogP contribution in [0.4, 0.5) is 0 Å². The molecule has 0 saturated heterocycles. The molecule has 0 fully saturated rings. The first-order chi connectivity index (χ1) is 7.79. The number of thiazole rings is 1. The average Bonchev–Trinajstić information content (AvgIpc) is 2.76. The molecule has 1 aromatic heterocycles. The van der Waals surface area contributed by atoms with Crippen molar-refractivity contribution >= 4 is 17.6 Å². The zero-order chi connectivity index (χ0) is 11.4. The minimum atomic E-state index is 0.556. The lowest BCUT2D eigenvalue weighted by molar-refractivity contribution is -0.107. The topological polar surface area (TPSA) is 30.0 Å². The van der Waals surface area contributed by atoms with Crippen LogP contribution in [0, 0.1) is 6.92 Å². The zero-order valence-corrected chi connectivity index (χ0v) is 9.96. The molecule has 2 rings (SSSR count). The largest absolute Gasteiger partial charge is 0.303 e. The summed E-state index contributed by atoms with van der Waals surface area (Å²) in [5.41, 5.74) is 3.39. The summed E-state index contributed by atoms with van der Waals surface area (Å²) in [7, 11) is 0. The van der Waals surface area contributed by atoms with Crippen LogP contribution in [0.2, 0.25) is 0 Å². The van der Waals surface area contributed by atoms with Crippen LogP contribution in [0.5, 0.6) is 0 Å². The molecule has 3 heteroatoms. The minimum absolute atomic E-state index is 0.556. The first-order valence-corrected chi connectivity index (χ1v) is 6.12. The van der Waals surface area contributed by atoms with Gasteiger partial charge in [-0.1, -0.05) is 29.8 Å². The van der Waals surface area contributed by atoms with Gasteiger partial charge in [0.2, 0.25) is 0 Å². The SMILES string of the molecule is Cc1ccc(-c2csc(CCC=O)n2)cc1. The lowest BCUT2D eigenvalue weighted by Gasteiger charge is -1.96. The summed E-state index contributed by atoms with van der Waals surface area (Å²) >= 11 is 1.62. The molecule has 0 amide bonds. The average molecular weight is 231 g/mol. The number of carbonyl (C=O) groups is 1. The zero-order valence-electron chi connectivity index (χ0n) is 9.14. The molecule has 82 valence electrons. The first kappa shape index (κ1) is 11.0. The summed E-state index contributed by atoms with van der Waals surface area (Å²) in [6.07, 6.45) is 2.24. The van der Waals surface area contributed by atoms with Crippen molar-refractivity contribution < 1.29 is 4.79 Å². The summed E-state index contributed by atoms with van der Waals surface area (Å²) in [6, 6.07) is 8.32. The molecule has 0 spiro atoms. The van der Waals surface area contributed by atoms with E-state index in [1.54, 1.807) is 11.3 Å². The summed E-state index contributed by atoms with van der Waals surface area (Å²) < 4.78 is 0. The molecule has 0 unspecified atom stereocenters. The molecular formula is C13H13NOS.